The molecular formula is C31H40F4N2O4. The first-order chi connectivity index (χ1) is 19.5. The SMILES string of the molecule is CC.COC(=O)c1cc(Oc2ncc(C)cc2C(F)(F)F)c(F)cc1N(C(=O)C1CCC(C)CC1)C1CCCCC1. The van der Waals surface area contributed by atoms with Crippen molar-refractivity contribution in [2.75, 3.05) is 12.0 Å². The third kappa shape index (κ3) is 7.77. The molecule has 2 aliphatic carbocycles. The molecule has 0 bridgehead atoms. The first-order valence-corrected chi connectivity index (χ1v) is 14.5. The van der Waals surface area contributed by atoms with Gasteiger partial charge in [0.1, 0.15) is 5.56 Å². The summed E-state index contributed by atoms with van der Waals surface area (Å²) in [5.74, 6) is -3.22. The predicted octanol–water partition coefficient (Wildman–Crippen LogP) is 8.65. The van der Waals surface area contributed by atoms with Crippen LogP contribution in [0.2, 0.25) is 0 Å². The Bertz CT molecular complexity index is 1200. The normalized spacial score (nSPS) is 19.5. The predicted molar refractivity (Wildman–Crippen MR) is 149 cm³/mol. The molecule has 41 heavy (non-hydrogen) atoms. The summed E-state index contributed by atoms with van der Waals surface area (Å²) in [4.78, 5) is 32.1. The number of nitrogens with zero attached hydrogens (tertiary/aromatic N) is 2. The van der Waals surface area contributed by atoms with Gasteiger partial charge in [-0.05, 0) is 63.0 Å². The van der Waals surface area contributed by atoms with Gasteiger partial charge in [0.2, 0.25) is 11.8 Å². The van der Waals surface area contributed by atoms with E-state index in [2.05, 4.69) is 11.9 Å². The number of amides is 1. The van der Waals surface area contributed by atoms with E-state index in [1.165, 1.54) is 13.1 Å². The molecule has 226 valence electrons. The van der Waals surface area contributed by atoms with E-state index in [4.69, 9.17) is 9.47 Å². The molecule has 0 N–H and O–H groups in total. The van der Waals surface area contributed by atoms with Crippen LogP contribution in [-0.4, -0.2) is 30.0 Å². The van der Waals surface area contributed by atoms with Crippen LogP contribution < -0.4 is 9.64 Å². The summed E-state index contributed by atoms with van der Waals surface area (Å²) in [5, 5.41) is 0. The lowest BCUT2D eigenvalue weighted by molar-refractivity contribution is -0.139. The fraction of sp³-hybridized carbons (Fsp3) is 0.581. The second kappa shape index (κ2) is 14.1. The van der Waals surface area contributed by atoms with Gasteiger partial charge in [-0.1, -0.05) is 40.0 Å². The Hall–Kier alpha value is -3.17. The van der Waals surface area contributed by atoms with Gasteiger partial charge in [0.25, 0.3) is 0 Å². The lowest BCUT2D eigenvalue weighted by Crippen LogP contribution is -2.46. The first kappa shape index (κ1) is 32.3. The monoisotopic (exact) mass is 580 g/mol. The van der Waals surface area contributed by atoms with E-state index in [1.54, 1.807) is 4.90 Å². The van der Waals surface area contributed by atoms with Crippen molar-refractivity contribution in [2.45, 2.75) is 97.7 Å². The summed E-state index contributed by atoms with van der Waals surface area (Å²) in [7, 11) is 1.15. The molecule has 0 unspecified atom stereocenters. The first-order valence-electron chi connectivity index (χ1n) is 14.5. The third-order valence-corrected chi connectivity index (χ3v) is 7.76. The van der Waals surface area contributed by atoms with Gasteiger partial charge in [-0.15, -0.1) is 0 Å². The number of anilines is 1. The maximum absolute atomic E-state index is 15.6. The van der Waals surface area contributed by atoms with Crippen LogP contribution in [0.5, 0.6) is 11.6 Å². The van der Waals surface area contributed by atoms with E-state index in [0.29, 0.717) is 31.6 Å². The highest BCUT2D eigenvalue weighted by Crippen LogP contribution is 2.41. The molecule has 0 spiro atoms. The zero-order valence-corrected chi connectivity index (χ0v) is 24.4. The summed E-state index contributed by atoms with van der Waals surface area (Å²) < 4.78 is 66.7. The fourth-order valence-electron chi connectivity index (χ4n) is 5.58. The van der Waals surface area contributed by atoms with Crippen LogP contribution in [0.4, 0.5) is 23.2 Å². The smallest absolute Gasteiger partial charge is 0.421 e. The van der Waals surface area contributed by atoms with Gasteiger partial charge in [-0.2, -0.15) is 13.2 Å². The topological polar surface area (TPSA) is 68.7 Å². The number of hydrogen-bond donors (Lipinski definition) is 0. The van der Waals surface area contributed by atoms with Crippen molar-refractivity contribution in [3.05, 3.63) is 46.9 Å². The molecule has 2 fully saturated rings. The number of carbonyl (C=O) groups is 2. The number of benzene rings is 1. The van der Waals surface area contributed by atoms with Crippen LogP contribution >= 0.6 is 0 Å². The molecular weight excluding hydrogens is 540 g/mol. The number of aromatic nitrogens is 1. The minimum Gasteiger partial charge on any atom is -0.465 e. The highest BCUT2D eigenvalue weighted by Gasteiger charge is 2.38. The number of halogens is 4. The van der Waals surface area contributed by atoms with E-state index < -0.39 is 35.2 Å². The largest absolute Gasteiger partial charge is 0.465 e. The summed E-state index contributed by atoms with van der Waals surface area (Å²) in [6.45, 7) is 7.59. The lowest BCUT2D eigenvalue weighted by Gasteiger charge is -2.38. The average molecular weight is 581 g/mol. The summed E-state index contributed by atoms with van der Waals surface area (Å²) in [6, 6.07) is 2.63. The molecule has 2 aromatic rings. The van der Waals surface area contributed by atoms with Crippen LogP contribution in [0, 0.1) is 24.6 Å². The van der Waals surface area contributed by atoms with Gasteiger partial charge in [-0.3, -0.25) is 4.79 Å². The van der Waals surface area contributed by atoms with E-state index in [1.807, 2.05) is 13.8 Å². The number of carbonyl (C=O) groups excluding carboxylic acids is 2. The van der Waals surface area contributed by atoms with Crippen molar-refractivity contribution in [1.29, 1.82) is 0 Å². The molecule has 2 saturated carbocycles. The second-order valence-corrected chi connectivity index (χ2v) is 10.7. The molecule has 2 aliphatic rings. The lowest BCUT2D eigenvalue weighted by atomic mass is 9.81. The standard InChI is InChI=1S/C29H34F4N2O4.C2H6/c1-17-9-11-19(12-10-17)27(36)35(20-7-5-4-6-8-20)24-15-23(30)25(14-21(24)28(37)38-3)39-26-22(29(31,32)33)13-18(2)16-34-26;1-2/h13-17,19-20H,4-12H2,1-3H3;1-2H3. The van der Waals surface area contributed by atoms with E-state index in [-0.39, 0.29) is 34.7 Å². The zero-order valence-electron chi connectivity index (χ0n) is 24.4. The Balaban J connectivity index is 0.00000226. The molecule has 1 aromatic carbocycles. The number of esters is 1. The Labute approximate surface area is 239 Å². The van der Waals surface area contributed by atoms with Crippen molar-refractivity contribution in [1.82, 2.24) is 4.98 Å². The Morgan fingerprint density at radius 1 is 0.976 bits per heavy atom. The van der Waals surface area contributed by atoms with Gasteiger partial charge in [0.15, 0.2) is 11.6 Å². The van der Waals surface area contributed by atoms with Crippen LogP contribution in [-0.2, 0) is 15.7 Å². The summed E-state index contributed by atoms with van der Waals surface area (Å²) in [6.07, 6.45) is 3.84. The molecule has 10 heteroatoms. The number of alkyl halides is 3. The molecule has 1 amide bonds. The highest BCUT2D eigenvalue weighted by molar-refractivity contribution is 6.04. The average Bonchev–Trinajstić information content (AvgIpc) is 2.96. The molecule has 0 saturated heterocycles. The Morgan fingerprint density at radius 2 is 1.61 bits per heavy atom. The van der Waals surface area contributed by atoms with Gasteiger partial charge >= 0.3 is 12.1 Å². The van der Waals surface area contributed by atoms with Crippen LogP contribution in [0.15, 0.2) is 24.4 Å². The number of pyridine rings is 1. The van der Waals surface area contributed by atoms with E-state index >= 15 is 4.39 Å². The molecule has 0 aliphatic heterocycles. The number of methoxy groups -OCH3 is 1. The van der Waals surface area contributed by atoms with Crippen molar-refractivity contribution < 1.29 is 36.6 Å². The molecule has 1 aromatic heterocycles. The minimum atomic E-state index is -4.79. The maximum atomic E-state index is 15.6. The van der Waals surface area contributed by atoms with Crippen molar-refractivity contribution in [3.63, 3.8) is 0 Å². The fourth-order valence-corrected chi connectivity index (χ4v) is 5.58. The number of aryl methyl sites for hydroxylation is 1. The molecule has 0 radical (unpaired) electrons. The number of rotatable bonds is 6. The summed E-state index contributed by atoms with van der Waals surface area (Å²) in [5.41, 5.74) is -1.02. The van der Waals surface area contributed by atoms with Crippen molar-refractivity contribution in [2.24, 2.45) is 11.8 Å². The second-order valence-electron chi connectivity index (χ2n) is 10.7. The quantitative estimate of drug-likeness (QED) is 0.253. The van der Waals surface area contributed by atoms with Crippen LogP contribution in [0.1, 0.15) is 100 Å². The van der Waals surface area contributed by atoms with Crippen molar-refractivity contribution in [3.8, 4) is 11.6 Å². The minimum absolute atomic E-state index is 0.0510. The number of hydrogen-bond acceptors (Lipinski definition) is 5. The van der Waals surface area contributed by atoms with Crippen molar-refractivity contribution >= 4 is 17.6 Å². The van der Waals surface area contributed by atoms with Crippen LogP contribution in [0.3, 0.4) is 0 Å². The van der Waals surface area contributed by atoms with Gasteiger partial charge in [0.05, 0.1) is 18.4 Å². The van der Waals surface area contributed by atoms with Gasteiger partial charge in [-0.25, -0.2) is 14.2 Å². The van der Waals surface area contributed by atoms with Gasteiger partial charge in [0, 0.05) is 30.3 Å². The molecule has 4 rings (SSSR count). The highest BCUT2D eigenvalue weighted by atomic mass is 19.4. The number of ether oxygens (including phenoxy) is 2. The van der Waals surface area contributed by atoms with Crippen LogP contribution in [0.25, 0.3) is 0 Å². The Morgan fingerprint density at radius 3 is 2.20 bits per heavy atom. The molecule has 1 heterocycles. The van der Waals surface area contributed by atoms with E-state index in [9.17, 15) is 22.8 Å². The maximum Gasteiger partial charge on any atom is 0.421 e. The zero-order chi connectivity index (χ0) is 30.3. The third-order valence-electron chi connectivity index (χ3n) is 7.76. The molecule has 0 atom stereocenters. The summed E-state index contributed by atoms with van der Waals surface area (Å²) >= 11 is 0. The molecule has 6 nitrogen and oxygen atoms in total. The Kier molecular flexibility index (Phi) is 11.2. The van der Waals surface area contributed by atoms with Gasteiger partial charge < -0.3 is 14.4 Å². The van der Waals surface area contributed by atoms with E-state index in [0.717, 1.165) is 57.4 Å².